The Hall–Kier alpha value is -3.52. The Kier molecular flexibility index (Phi) is 5.35. The molecule has 0 saturated carbocycles. The molecule has 1 heterocycles. The first-order valence-corrected chi connectivity index (χ1v) is 8.30. The summed E-state index contributed by atoms with van der Waals surface area (Å²) in [5.74, 6) is 0.868. The topological polar surface area (TPSA) is 75.3 Å². The van der Waals surface area contributed by atoms with Gasteiger partial charge in [0.25, 0.3) is 5.91 Å². The summed E-state index contributed by atoms with van der Waals surface area (Å²) in [4.78, 5) is 12.1. The van der Waals surface area contributed by atoms with Gasteiger partial charge in [-0.2, -0.15) is 5.26 Å². The number of hydrogen-bond acceptors (Lipinski definition) is 4. The molecule has 130 valence electrons. The normalized spacial score (nSPS) is 10.2. The van der Waals surface area contributed by atoms with Crippen molar-refractivity contribution in [2.75, 3.05) is 11.9 Å². The summed E-state index contributed by atoms with van der Waals surface area (Å²) in [6.07, 6.45) is 0.944. The van der Waals surface area contributed by atoms with Crippen LogP contribution in [0.25, 0.3) is 11.3 Å². The number of carbonyl (C=O) groups is 1. The number of ether oxygens (including phenoxy) is 1. The molecule has 0 aliphatic heterocycles. The molecule has 5 heteroatoms. The molecule has 0 bridgehead atoms. The van der Waals surface area contributed by atoms with Crippen LogP contribution in [0, 0.1) is 11.3 Å². The van der Waals surface area contributed by atoms with E-state index in [9.17, 15) is 10.1 Å². The minimum absolute atomic E-state index is 0.126. The summed E-state index contributed by atoms with van der Waals surface area (Å²) in [6, 6.07) is 20.6. The average Bonchev–Trinajstić information content (AvgIpc) is 3.10. The highest BCUT2D eigenvalue weighted by Crippen LogP contribution is 2.28. The van der Waals surface area contributed by atoms with Crippen molar-refractivity contribution in [2.45, 2.75) is 13.3 Å². The highest BCUT2D eigenvalue weighted by molar-refractivity contribution is 5.92. The van der Waals surface area contributed by atoms with E-state index in [1.165, 1.54) is 5.56 Å². The molecule has 1 aromatic heterocycles. The summed E-state index contributed by atoms with van der Waals surface area (Å²) in [6.45, 7) is 1.90. The van der Waals surface area contributed by atoms with Crippen molar-refractivity contribution in [3.05, 3.63) is 71.8 Å². The lowest BCUT2D eigenvalue weighted by Gasteiger charge is -2.07. The van der Waals surface area contributed by atoms with Crippen LogP contribution < -0.4 is 10.1 Å². The predicted molar refractivity (Wildman–Crippen MR) is 98.8 cm³/mol. The average molecular weight is 346 g/mol. The monoisotopic (exact) mass is 346 g/mol. The second kappa shape index (κ2) is 8.04. The number of nitrogens with one attached hydrogen (secondary N) is 1. The molecule has 5 nitrogen and oxygen atoms in total. The van der Waals surface area contributed by atoms with Crippen LogP contribution >= 0.6 is 0 Å². The molecule has 0 aliphatic rings. The van der Waals surface area contributed by atoms with Crippen molar-refractivity contribution in [3.8, 4) is 23.1 Å². The van der Waals surface area contributed by atoms with E-state index in [4.69, 9.17) is 9.15 Å². The molecule has 3 aromatic rings. The zero-order chi connectivity index (χ0) is 18.4. The van der Waals surface area contributed by atoms with Gasteiger partial charge >= 0.3 is 0 Å². The fraction of sp³-hybridized carbons (Fsp3) is 0.143. The lowest BCUT2D eigenvalue weighted by atomic mass is 10.1. The largest absolute Gasteiger partial charge is 0.484 e. The number of furan rings is 1. The van der Waals surface area contributed by atoms with E-state index >= 15 is 0 Å². The zero-order valence-electron chi connectivity index (χ0n) is 14.4. The van der Waals surface area contributed by atoms with E-state index < -0.39 is 5.91 Å². The van der Waals surface area contributed by atoms with Crippen LogP contribution in [0.3, 0.4) is 0 Å². The summed E-state index contributed by atoms with van der Waals surface area (Å²) >= 11 is 0. The van der Waals surface area contributed by atoms with Gasteiger partial charge in [0.05, 0.1) is 0 Å². The Labute approximate surface area is 151 Å². The Morgan fingerprint density at radius 1 is 1.15 bits per heavy atom. The molecule has 1 amide bonds. The number of carbonyl (C=O) groups excluding carboxylic acids is 1. The minimum Gasteiger partial charge on any atom is -0.484 e. The molecule has 0 atom stereocenters. The molecule has 0 saturated heterocycles. The van der Waals surface area contributed by atoms with E-state index in [-0.39, 0.29) is 18.1 Å². The third-order valence-corrected chi connectivity index (χ3v) is 3.87. The van der Waals surface area contributed by atoms with Crippen LogP contribution in [-0.4, -0.2) is 12.5 Å². The van der Waals surface area contributed by atoms with Crippen molar-refractivity contribution in [3.63, 3.8) is 0 Å². The van der Waals surface area contributed by atoms with E-state index in [0.717, 1.165) is 12.0 Å². The fourth-order valence-electron chi connectivity index (χ4n) is 2.44. The quantitative estimate of drug-likeness (QED) is 0.718. The molecule has 1 N–H and O–H groups in total. The number of hydrogen-bond donors (Lipinski definition) is 1. The van der Waals surface area contributed by atoms with E-state index in [0.29, 0.717) is 11.5 Å². The van der Waals surface area contributed by atoms with Gasteiger partial charge in [-0.25, -0.2) is 0 Å². The Balaban J connectivity index is 1.65. The third-order valence-electron chi connectivity index (χ3n) is 3.87. The summed E-state index contributed by atoms with van der Waals surface area (Å²) < 4.78 is 11.1. The maximum atomic E-state index is 12.1. The van der Waals surface area contributed by atoms with Crippen molar-refractivity contribution in [1.82, 2.24) is 0 Å². The highest BCUT2D eigenvalue weighted by atomic mass is 16.5. The van der Waals surface area contributed by atoms with Gasteiger partial charge in [-0.05, 0) is 24.1 Å². The van der Waals surface area contributed by atoms with Gasteiger partial charge in [0.15, 0.2) is 6.61 Å². The van der Waals surface area contributed by atoms with Crippen molar-refractivity contribution in [2.24, 2.45) is 0 Å². The van der Waals surface area contributed by atoms with Gasteiger partial charge in [0, 0.05) is 11.6 Å². The Morgan fingerprint density at radius 3 is 2.54 bits per heavy atom. The third kappa shape index (κ3) is 4.11. The molecular weight excluding hydrogens is 328 g/mol. The van der Waals surface area contributed by atoms with Gasteiger partial charge in [-0.1, -0.05) is 49.4 Å². The summed E-state index contributed by atoms with van der Waals surface area (Å²) in [5.41, 5.74) is 2.30. The van der Waals surface area contributed by atoms with Crippen LogP contribution in [0.2, 0.25) is 0 Å². The van der Waals surface area contributed by atoms with E-state index in [1.807, 2.05) is 60.7 Å². The molecular formula is C21H18N2O3. The second-order valence-corrected chi connectivity index (χ2v) is 5.67. The van der Waals surface area contributed by atoms with Crippen LogP contribution in [0.1, 0.15) is 18.1 Å². The SMILES string of the molecule is CCc1ccc(OCC(=O)Nc2oc(-c3ccccc3)cc2C#N)cc1. The van der Waals surface area contributed by atoms with Gasteiger partial charge < -0.3 is 9.15 Å². The van der Waals surface area contributed by atoms with E-state index in [1.54, 1.807) is 6.07 Å². The van der Waals surface area contributed by atoms with Crippen LogP contribution in [-0.2, 0) is 11.2 Å². The van der Waals surface area contributed by atoms with Crippen molar-refractivity contribution >= 4 is 11.8 Å². The van der Waals surface area contributed by atoms with Gasteiger partial charge in [0.1, 0.15) is 23.1 Å². The molecule has 0 spiro atoms. The Bertz CT molecular complexity index is 922. The minimum atomic E-state index is -0.393. The summed E-state index contributed by atoms with van der Waals surface area (Å²) in [5, 5.41) is 11.8. The first kappa shape index (κ1) is 17.3. The second-order valence-electron chi connectivity index (χ2n) is 5.67. The van der Waals surface area contributed by atoms with E-state index in [2.05, 4.69) is 12.2 Å². The van der Waals surface area contributed by atoms with Crippen LogP contribution in [0.4, 0.5) is 5.88 Å². The fourth-order valence-corrected chi connectivity index (χ4v) is 2.44. The lowest BCUT2D eigenvalue weighted by Crippen LogP contribution is -2.20. The number of amides is 1. The molecule has 3 rings (SSSR count). The highest BCUT2D eigenvalue weighted by Gasteiger charge is 2.15. The van der Waals surface area contributed by atoms with Gasteiger partial charge in [0.2, 0.25) is 5.88 Å². The number of rotatable bonds is 6. The van der Waals surface area contributed by atoms with Crippen molar-refractivity contribution < 1.29 is 13.9 Å². The molecule has 26 heavy (non-hydrogen) atoms. The Morgan fingerprint density at radius 2 is 1.88 bits per heavy atom. The maximum Gasteiger partial charge on any atom is 0.264 e. The maximum absolute atomic E-state index is 12.1. The molecule has 0 aliphatic carbocycles. The molecule has 0 fully saturated rings. The molecule has 2 aromatic carbocycles. The van der Waals surface area contributed by atoms with Gasteiger partial charge in [-0.3, -0.25) is 10.1 Å². The smallest absolute Gasteiger partial charge is 0.264 e. The number of benzene rings is 2. The molecule has 0 radical (unpaired) electrons. The number of aryl methyl sites for hydroxylation is 1. The number of nitrogens with zero attached hydrogens (tertiary/aromatic N) is 1. The predicted octanol–water partition coefficient (Wildman–Crippen LogP) is 4.40. The zero-order valence-corrected chi connectivity index (χ0v) is 14.4. The summed E-state index contributed by atoms with van der Waals surface area (Å²) in [7, 11) is 0. The van der Waals surface area contributed by atoms with Crippen LogP contribution in [0.5, 0.6) is 5.75 Å². The standard InChI is InChI=1S/C21H18N2O3/c1-2-15-8-10-18(11-9-15)25-14-20(24)23-21-17(13-22)12-19(26-21)16-6-4-3-5-7-16/h3-12H,2,14H2,1H3,(H,23,24). The number of nitriles is 1. The molecule has 0 unspecified atom stereocenters. The lowest BCUT2D eigenvalue weighted by molar-refractivity contribution is -0.118. The van der Waals surface area contributed by atoms with Crippen LogP contribution in [0.15, 0.2) is 65.1 Å². The first-order chi connectivity index (χ1) is 12.7. The number of anilines is 1. The van der Waals surface area contributed by atoms with Crippen molar-refractivity contribution in [1.29, 1.82) is 5.26 Å². The van der Waals surface area contributed by atoms with Gasteiger partial charge in [-0.15, -0.1) is 0 Å². The first-order valence-electron chi connectivity index (χ1n) is 8.30.